The standard InChI is InChI=1S/C17H19NO4.C17H19NO3/c1-18-7-6-16-13-9-2-3-10(19)14(13)22-15(16)11(20)4-5-17(16,21)12(18)8-9;1-18-7-6-17-10-3-5-13(20)16(17)21-15-12(19)4-2-9(14(15)17)8-11(10)18/h2-3,12,15,19,21H,4-8H2,1H3;2-5,10-11,13,16,19-20H,6-8H2,1H3/t12-,15+,16+,17-;10-,11+,13-,16-,17-/m10/s1. The number of piperidine rings is 2. The van der Waals surface area contributed by atoms with Crippen LogP contribution in [0.25, 0.3) is 0 Å². The summed E-state index contributed by atoms with van der Waals surface area (Å²) in [6, 6.07) is 7.80. The molecule has 4 bridgehead atoms. The predicted molar refractivity (Wildman–Crippen MR) is 156 cm³/mol. The number of hydrogen-bond acceptors (Lipinski definition) is 9. The summed E-state index contributed by atoms with van der Waals surface area (Å²) in [4.78, 5) is 17.2. The molecule has 226 valence electrons. The van der Waals surface area contributed by atoms with Gasteiger partial charge in [-0.25, -0.2) is 0 Å². The van der Waals surface area contributed by atoms with Gasteiger partial charge in [0.2, 0.25) is 0 Å². The number of nitrogens with zero attached hydrogens (tertiary/aromatic N) is 2. The van der Waals surface area contributed by atoms with Gasteiger partial charge < -0.3 is 39.7 Å². The molecule has 43 heavy (non-hydrogen) atoms. The molecule has 4 heterocycles. The number of aliphatic hydroxyl groups excluding tert-OH is 1. The van der Waals surface area contributed by atoms with Gasteiger partial charge in [0.25, 0.3) is 0 Å². The Balaban J connectivity index is 0.000000121. The fourth-order valence-corrected chi connectivity index (χ4v) is 10.8. The fraction of sp³-hybridized carbons (Fsp3) is 0.559. The second-order valence-electron chi connectivity index (χ2n) is 14.2. The minimum absolute atomic E-state index is 0.00319. The second-order valence-corrected chi connectivity index (χ2v) is 14.2. The number of phenolic OH excluding ortho intramolecular Hbond substituents is 2. The van der Waals surface area contributed by atoms with Crippen LogP contribution in [0.2, 0.25) is 0 Å². The average Bonchev–Trinajstić information content (AvgIpc) is 3.54. The highest BCUT2D eigenvalue weighted by molar-refractivity contribution is 5.90. The number of benzene rings is 2. The van der Waals surface area contributed by atoms with E-state index in [1.807, 2.05) is 25.3 Å². The van der Waals surface area contributed by atoms with E-state index in [0.29, 0.717) is 42.7 Å². The number of carbonyl (C=O) groups excluding carboxylic acids is 1. The maximum atomic E-state index is 12.5. The molecule has 2 aromatic carbocycles. The van der Waals surface area contributed by atoms with Crippen LogP contribution >= 0.6 is 0 Å². The van der Waals surface area contributed by atoms with E-state index in [2.05, 4.69) is 22.9 Å². The Kier molecular flexibility index (Phi) is 5.09. The smallest absolute Gasteiger partial charge is 0.174 e. The third kappa shape index (κ3) is 2.91. The molecule has 0 amide bonds. The number of likely N-dealkylation sites (tertiary alicyclic amines) is 2. The van der Waals surface area contributed by atoms with E-state index < -0.39 is 23.2 Å². The van der Waals surface area contributed by atoms with Gasteiger partial charge in [0.05, 0.1) is 11.0 Å². The van der Waals surface area contributed by atoms with Crippen LogP contribution in [-0.2, 0) is 28.5 Å². The number of aromatic hydroxyl groups is 2. The molecule has 8 aliphatic rings. The van der Waals surface area contributed by atoms with Crippen molar-refractivity contribution in [3.8, 4) is 23.0 Å². The molecule has 4 aliphatic carbocycles. The van der Waals surface area contributed by atoms with Crippen molar-refractivity contribution in [1.82, 2.24) is 9.80 Å². The quantitative estimate of drug-likeness (QED) is 0.343. The molecule has 3 fully saturated rings. The zero-order valence-corrected chi connectivity index (χ0v) is 24.5. The lowest BCUT2D eigenvalue weighted by Gasteiger charge is -2.61. The highest BCUT2D eigenvalue weighted by atomic mass is 16.5. The highest BCUT2D eigenvalue weighted by Crippen LogP contribution is 2.65. The molecule has 1 saturated carbocycles. The molecule has 10 rings (SSSR count). The van der Waals surface area contributed by atoms with Crippen LogP contribution in [0, 0.1) is 5.92 Å². The fourth-order valence-electron chi connectivity index (χ4n) is 10.8. The van der Waals surface area contributed by atoms with Crippen LogP contribution < -0.4 is 9.47 Å². The van der Waals surface area contributed by atoms with Gasteiger partial charge >= 0.3 is 0 Å². The average molecular weight is 587 g/mol. The summed E-state index contributed by atoms with van der Waals surface area (Å²) in [5, 5.41) is 42.5. The van der Waals surface area contributed by atoms with Crippen LogP contribution in [0.15, 0.2) is 36.4 Å². The number of phenols is 2. The monoisotopic (exact) mass is 586 g/mol. The summed E-state index contributed by atoms with van der Waals surface area (Å²) >= 11 is 0. The van der Waals surface area contributed by atoms with Gasteiger partial charge in [0, 0.05) is 41.0 Å². The predicted octanol–water partition coefficient (Wildman–Crippen LogP) is 1.94. The lowest BCUT2D eigenvalue weighted by Crippen LogP contribution is -2.76. The number of aliphatic hydroxyl groups is 2. The summed E-state index contributed by atoms with van der Waals surface area (Å²) in [6.45, 7) is 1.84. The molecule has 2 aromatic rings. The highest BCUT2D eigenvalue weighted by Gasteiger charge is 2.73. The number of ether oxygens (including phenoxy) is 2. The van der Waals surface area contributed by atoms with E-state index in [4.69, 9.17) is 9.47 Å². The first-order chi connectivity index (χ1) is 20.6. The summed E-state index contributed by atoms with van der Waals surface area (Å²) in [7, 11) is 4.23. The molecule has 9 atom stereocenters. The molecular weight excluding hydrogens is 548 g/mol. The van der Waals surface area contributed by atoms with Gasteiger partial charge in [-0.2, -0.15) is 0 Å². The molecule has 2 spiro atoms. The van der Waals surface area contributed by atoms with E-state index >= 15 is 0 Å². The molecule has 4 N–H and O–H groups in total. The molecule has 9 nitrogen and oxygen atoms in total. The third-order valence-corrected chi connectivity index (χ3v) is 12.7. The van der Waals surface area contributed by atoms with Crippen molar-refractivity contribution in [2.75, 3.05) is 27.2 Å². The van der Waals surface area contributed by atoms with Gasteiger partial charge in [0.15, 0.2) is 34.9 Å². The number of Topliss-reactive ketones (excluding diaryl/α,β-unsaturated/α-hetero) is 1. The first-order valence-electron chi connectivity index (χ1n) is 15.7. The zero-order valence-electron chi connectivity index (χ0n) is 24.5. The molecule has 4 aliphatic heterocycles. The molecule has 0 aromatic heterocycles. The van der Waals surface area contributed by atoms with Crippen LogP contribution in [0.1, 0.15) is 47.9 Å². The van der Waals surface area contributed by atoms with Crippen molar-refractivity contribution in [1.29, 1.82) is 0 Å². The molecule has 0 radical (unpaired) electrons. The Labute approximate surface area is 250 Å². The van der Waals surface area contributed by atoms with Crippen molar-refractivity contribution in [3.63, 3.8) is 0 Å². The number of hydrogen-bond donors (Lipinski definition) is 4. The summed E-state index contributed by atoms with van der Waals surface area (Å²) < 4.78 is 12.0. The van der Waals surface area contributed by atoms with Crippen LogP contribution in [0.5, 0.6) is 23.0 Å². The second kappa shape index (κ2) is 8.33. The van der Waals surface area contributed by atoms with E-state index in [0.717, 1.165) is 43.5 Å². The Bertz CT molecular complexity index is 1620. The zero-order chi connectivity index (χ0) is 29.6. The van der Waals surface area contributed by atoms with Crippen LogP contribution in [0.4, 0.5) is 0 Å². The molecule has 2 saturated heterocycles. The van der Waals surface area contributed by atoms with Gasteiger partial charge in [-0.05, 0) is 82.5 Å². The SMILES string of the molecule is CN1CC[C@]23c4c5ccc(O)c4O[C@H]2C(=O)CC[C@@]3(O)[C@H]1C5.CN1CC[C@]23c4c5ccc(O)c4O[C@H]2[C@@H](O)C=C[C@H]3[C@H]1C5. The number of likely N-dealkylation sites (N-methyl/N-ethyl adjacent to an activating group) is 2. The molecule has 9 heteroatoms. The Morgan fingerprint density at radius 3 is 2.33 bits per heavy atom. The number of rotatable bonds is 0. The van der Waals surface area contributed by atoms with Crippen molar-refractivity contribution in [2.45, 2.75) is 85.4 Å². The maximum Gasteiger partial charge on any atom is 0.174 e. The molecule has 0 unspecified atom stereocenters. The first kappa shape index (κ1) is 26.3. The number of ketones is 1. The van der Waals surface area contributed by atoms with Crippen LogP contribution in [0.3, 0.4) is 0 Å². The van der Waals surface area contributed by atoms with Crippen molar-refractivity contribution in [3.05, 3.63) is 58.7 Å². The maximum absolute atomic E-state index is 12.5. The summed E-state index contributed by atoms with van der Waals surface area (Å²) in [5.74, 6) is 1.75. The minimum atomic E-state index is -0.954. The summed E-state index contributed by atoms with van der Waals surface area (Å²) in [5.41, 5.74) is 2.66. The lowest BCUT2D eigenvalue weighted by molar-refractivity contribution is -0.185. The number of carbonyl (C=O) groups is 1. The Morgan fingerprint density at radius 1 is 0.860 bits per heavy atom. The Hall–Kier alpha value is -3.11. The van der Waals surface area contributed by atoms with Crippen molar-refractivity contribution < 1.29 is 34.7 Å². The van der Waals surface area contributed by atoms with Gasteiger partial charge in [-0.1, -0.05) is 24.3 Å². The van der Waals surface area contributed by atoms with Crippen molar-refractivity contribution in [2.24, 2.45) is 5.92 Å². The molecular formula is C34H38N2O7. The van der Waals surface area contributed by atoms with E-state index in [9.17, 15) is 25.2 Å². The van der Waals surface area contributed by atoms with Gasteiger partial charge in [0.1, 0.15) is 12.2 Å². The van der Waals surface area contributed by atoms with Gasteiger partial charge in [-0.3, -0.25) is 4.79 Å². The minimum Gasteiger partial charge on any atom is -0.504 e. The normalized spacial score (nSPS) is 42.3. The van der Waals surface area contributed by atoms with E-state index in [1.54, 1.807) is 12.1 Å². The summed E-state index contributed by atoms with van der Waals surface area (Å²) in [6.07, 6.45) is 6.78. The van der Waals surface area contributed by atoms with E-state index in [1.165, 1.54) is 11.1 Å². The van der Waals surface area contributed by atoms with Gasteiger partial charge in [-0.15, -0.1) is 0 Å². The lowest BCUT2D eigenvalue weighted by atomic mass is 9.49. The Morgan fingerprint density at radius 2 is 1.56 bits per heavy atom. The van der Waals surface area contributed by atoms with Crippen LogP contribution in [-0.4, -0.2) is 99.2 Å². The van der Waals surface area contributed by atoms with E-state index in [-0.39, 0.29) is 34.8 Å². The van der Waals surface area contributed by atoms with Crippen molar-refractivity contribution >= 4 is 5.78 Å². The third-order valence-electron chi connectivity index (χ3n) is 12.7. The topological polar surface area (TPSA) is 123 Å². The largest absolute Gasteiger partial charge is 0.504 e. The first-order valence-corrected chi connectivity index (χ1v) is 15.7.